The molecule has 3 heteroatoms. The lowest BCUT2D eigenvalue weighted by Gasteiger charge is -2.50. The van der Waals surface area contributed by atoms with Gasteiger partial charge in [0.2, 0.25) is 0 Å². The van der Waals surface area contributed by atoms with Gasteiger partial charge in [0.1, 0.15) is 0 Å². The highest BCUT2D eigenvalue weighted by molar-refractivity contribution is 9.10. The number of nitrogens with one attached hydrogen (secondary N) is 1. The van der Waals surface area contributed by atoms with Gasteiger partial charge in [-0.2, -0.15) is 0 Å². The molecule has 1 aromatic carbocycles. The van der Waals surface area contributed by atoms with Gasteiger partial charge in [0, 0.05) is 28.3 Å². The Morgan fingerprint density at radius 2 is 2.00 bits per heavy atom. The molecule has 3 rings (SSSR count). The Morgan fingerprint density at radius 3 is 2.63 bits per heavy atom. The maximum atomic E-state index is 3.66. The Labute approximate surface area is 124 Å². The van der Waals surface area contributed by atoms with Crippen LogP contribution in [-0.2, 0) is 0 Å². The van der Waals surface area contributed by atoms with Gasteiger partial charge in [0.15, 0.2) is 0 Å². The summed E-state index contributed by atoms with van der Waals surface area (Å²) in [6.45, 7) is 3.32. The summed E-state index contributed by atoms with van der Waals surface area (Å²) in [6.07, 6.45) is 6.71. The van der Waals surface area contributed by atoms with E-state index in [9.17, 15) is 0 Å². The van der Waals surface area contributed by atoms with Crippen molar-refractivity contribution < 1.29 is 0 Å². The van der Waals surface area contributed by atoms with Crippen LogP contribution in [0.5, 0.6) is 0 Å². The first-order valence-electron chi connectivity index (χ1n) is 7.55. The maximum Gasteiger partial charge on any atom is 0.0382 e. The molecule has 2 bridgehead atoms. The second-order valence-corrected chi connectivity index (χ2v) is 6.77. The molecular formula is C16H23BrN2. The third-order valence-electron chi connectivity index (χ3n) is 4.57. The fourth-order valence-electron chi connectivity index (χ4n) is 3.90. The highest BCUT2D eigenvalue weighted by Crippen LogP contribution is 2.38. The lowest BCUT2D eigenvalue weighted by atomic mass is 9.81. The summed E-state index contributed by atoms with van der Waals surface area (Å²) in [6, 6.07) is 11.0. The molecule has 2 aliphatic rings. The van der Waals surface area contributed by atoms with E-state index >= 15 is 0 Å². The van der Waals surface area contributed by atoms with Crippen molar-refractivity contribution in [2.75, 3.05) is 11.4 Å². The lowest BCUT2D eigenvalue weighted by molar-refractivity contribution is 0.247. The number of rotatable bonds is 3. The van der Waals surface area contributed by atoms with Crippen molar-refractivity contribution in [2.45, 2.75) is 57.2 Å². The number of nitrogens with zero attached hydrogens (tertiary/aromatic N) is 1. The molecule has 0 spiro atoms. The SMILES string of the molecule is CCNC1CC2CCCC(C1)N2c1cccc(Br)c1. The highest BCUT2D eigenvalue weighted by atomic mass is 79.9. The second kappa shape index (κ2) is 5.84. The first-order valence-corrected chi connectivity index (χ1v) is 8.34. The molecule has 2 unspecified atom stereocenters. The van der Waals surface area contributed by atoms with Gasteiger partial charge in [-0.1, -0.05) is 28.9 Å². The van der Waals surface area contributed by atoms with Crippen LogP contribution in [0.1, 0.15) is 39.0 Å². The van der Waals surface area contributed by atoms with E-state index in [-0.39, 0.29) is 0 Å². The van der Waals surface area contributed by atoms with Crippen LogP contribution < -0.4 is 10.2 Å². The van der Waals surface area contributed by atoms with E-state index < -0.39 is 0 Å². The number of piperidine rings is 2. The Balaban J connectivity index is 1.82. The van der Waals surface area contributed by atoms with Crippen molar-refractivity contribution >= 4 is 21.6 Å². The van der Waals surface area contributed by atoms with Crippen molar-refractivity contribution in [3.63, 3.8) is 0 Å². The second-order valence-electron chi connectivity index (χ2n) is 5.85. The molecule has 104 valence electrons. The van der Waals surface area contributed by atoms with E-state index in [0.717, 1.165) is 24.7 Å². The molecule has 0 amide bonds. The van der Waals surface area contributed by atoms with Crippen LogP contribution in [0.3, 0.4) is 0 Å². The minimum atomic E-state index is 0.726. The van der Waals surface area contributed by atoms with Gasteiger partial charge < -0.3 is 10.2 Å². The van der Waals surface area contributed by atoms with E-state index in [1.54, 1.807) is 0 Å². The van der Waals surface area contributed by atoms with Gasteiger partial charge in [-0.25, -0.2) is 0 Å². The standard InChI is InChI=1S/C16H23BrN2/c1-2-18-13-10-15-7-4-8-16(11-13)19(15)14-6-3-5-12(17)9-14/h3,5-6,9,13,15-16,18H,2,4,7-8,10-11H2,1H3. The molecule has 1 aromatic rings. The van der Waals surface area contributed by atoms with E-state index in [1.165, 1.54) is 42.3 Å². The first-order chi connectivity index (χ1) is 9.28. The summed E-state index contributed by atoms with van der Waals surface area (Å²) in [5, 5.41) is 3.66. The molecule has 2 saturated heterocycles. The zero-order valence-corrected chi connectivity index (χ0v) is 13.2. The summed E-state index contributed by atoms with van der Waals surface area (Å²) in [4.78, 5) is 2.70. The van der Waals surface area contributed by atoms with Crippen molar-refractivity contribution in [1.29, 1.82) is 0 Å². The Morgan fingerprint density at radius 1 is 1.26 bits per heavy atom. The number of anilines is 1. The molecule has 0 aliphatic carbocycles. The molecule has 2 atom stereocenters. The first kappa shape index (κ1) is 13.4. The van der Waals surface area contributed by atoms with Gasteiger partial charge in [-0.05, 0) is 56.8 Å². The zero-order valence-electron chi connectivity index (χ0n) is 11.6. The Hall–Kier alpha value is -0.540. The Bertz CT molecular complexity index is 421. The molecule has 2 nitrogen and oxygen atoms in total. The van der Waals surface area contributed by atoms with Gasteiger partial charge in [0.25, 0.3) is 0 Å². The van der Waals surface area contributed by atoms with Gasteiger partial charge in [0.05, 0.1) is 0 Å². The Kier molecular flexibility index (Phi) is 4.13. The van der Waals surface area contributed by atoms with Crippen LogP contribution in [0.25, 0.3) is 0 Å². The predicted molar refractivity (Wildman–Crippen MR) is 84.7 cm³/mol. The smallest absolute Gasteiger partial charge is 0.0382 e. The molecule has 2 aliphatic heterocycles. The quantitative estimate of drug-likeness (QED) is 0.906. The van der Waals surface area contributed by atoms with Crippen molar-refractivity contribution in [3.8, 4) is 0 Å². The van der Waals surface area contributed by atoms with Crippen LogP contribution in [0.15, 0.2) is 28.7 Å². The third-order valence-corrected chi connectivity index (χ3v) is 5.07. The molecule has 0 aromatic heterocycles. The maximum absolute atomic E-state index is 3.66. The summed E-state index contributed by atoms with van der Waals surface area (Å²) in [7, 11) is 0. The molecule has 2 heterocycles. The van der Waals surface area contributed by atoms with Crippen molar-refractivity contribution in [2.24, 2.45) is 0 Å². The summed E-state index contributed by atoms with van der Waals surface area (Å²) >= 11 is 3.61. The molecule has 0 radical (unpaired) electrons. The fourth-order valence-corrected chi connectivity index (χ4v) is 4.28. The summed E-state index contributed by atoms with van der Waals surface area (Å²) in [5.74, 6) is 0. The van der Waals surface area contributed by atoms with Crippen LogP contribution in [0.2, 0.25) is 0 Å². The van der Waals surface area contributed by atoms with Crippen LogP contribution in [0, 0.1) is 0 Å². The third kappa shape index (κ3) is 2.82. The molecule has 0 saturated carbocycles. The minimum Gasteiger partial charge on any atom is -0.365 e. The van der Waals surface area contributed by atoms with Crippen LogP contribution in [-0.4, -0.2) is 24.7 Å². The van der Waals surface area contributed by atoms with Crippen molar-refractivity contribution in [1.82, 2.24) is 5.32 Å². The largest absolute Gasteiger partial charge is 0.365 e. The average Bonchev–Trinajstić information content (AvgIpc) is 2.38. The van der Waals surface area contributed by atoms with E-state index in [2.05, 4.69) is 57.3 Å². The molecule has 1 N–H and O–H groups in total. The van der Waals surface area contributed by atoms with Gasteiger partial charge in [-0.3, -0.25) is 0 Å². The topological polar surface area (TPSA) is 15.3 Å². The van der Waals surface area contributed by atoms with Crippen molar-refractivity contribution in [3.05, 3.63) is 28.7 Å². The van der Waals surface area contributed by atoms with Gasteiger partial charge >= 0.3 is 0 Å². The van der Waals surface area contributed by atoms with Crippen LogP contribution in [0.4, 0.5) is 5.69 Å². The zero-order chi connectivity index (χ0) is 13.2. The monoisotopic (exact) mass is 322 g/mol. The number of benzene rings is 1. The number of hydrogen-bond donors (Lipinski definition) is 1. The lowest BCUT2D eigenvalue weighted by Crippen LogP contribution is -2.56. The number of fused-ring (bicyclic) bond motifs is 2. The van der Waals surface area contributed by atoms with E-state index in [4.69, 9.17) is 0 Å². The van der Waals surface area contributed by atoms with Crippen LogP contribution >= 0.6 is 15.9 Å². The highest BCUT2D eigenvalue weighted by Gasteiger charge is 2.37. The summed E-state index contributed by atoms with van der Waals surface area (Å²) < 4.78 is 1.19. The molecular weight excluding hydrogens is 300 g/mol. The minimum absolute atomic E-state index is 0.726. The van der Waals surface area contributed by atoms with E-state index in [0.29, 0.717) is 0 Å². The predicted octanol–water partition coefficient (Wildman–Crippen LogP) is 3.95. The normalized spacial score (nSPS) is 30.4. The summed E-state index contributed by atoms with van der Waals surface area (Å²) in [5.41, 5.74) is 1.40. The molecule has 2 fully saturated rings. The van der Waals surface area contributed by atoms with Gasteiger partial charge in [-0.15, -0.1) is 0 Å². The average molecular weight is 323 g/mol. The van der Waals surface area contributed by atoms with E-state index in [1.807, 2.05) is 0 Å². The molecule has 19 heavy (non-hydrogen) atoms. The number of hydrogen-bond acceptors (Lipinski definition) is 2. The fraction of sp³-hybridized carbons (Fsp3) is 0.625. The number of halogens is 1.